The van der Waals surface area contributed by atoms with Crippen LogP contribution in [0.25, 0.3) is 28.5 Å². The van der Waals surface area contributed by atoms with E-state index in [4.69, 9.17) is 4.52 Å². The zero-order chi connectivity index (χ0) is 14.2. The number of hydrogen-bond acceptors (Lipinski definition) is 5. The minimum absolute atomic E-state index is 0.473. The third-order valence-electron chi connectivity index (χ3n) is 3.08. The first kappa shape index (κ1) is 12.2. The van der Waals surface area contributed by atoms with E-state index in [9.17, 15) is 0 Å². The van der Waals surface area contributed by atoms with E-state index in [1.165, 1.54) is 0 Å². The minimum atomic E-state index is 0.473. The van der Waals surface area contributed by atoms with Gasteiger partial charge in [-0.05, 0) is 40.2 Å². The molecule has 0 bridgehead atoms. The average molecular weight is 342 g/mol. The molecule has 21 heavy (non-hydrogen) atoms. The Bertz CT molecular complexity index is 930. The lowest BCUT2D eigenvalue weighted by Gasteiger charge is -1.97. The van der Waals surface area contributed by atoms with Gasteiger partial charge in [-0.2, -0.15) is 4.98 Å². The molecule has 0 aliphatic carbocycles. The van der Waals surface area contributed by atoms with Crippen LogP contribution < -0.4 is 0 Å². The van der Waals surface area contributed by atoms with Crippen molar-refractivity contribution in [1.29, 1.82) is 0 Å². The Hall–Kier alpha value is -2.54. The first-order valence-electron chi connectivity index (χ1n) is 6.20. The summed E-state index contributed by atoms with van der Waals surface area (Å²) in [5, 5.41) is 11.8. The standard InChI is InChI=1S/C14H8BrN5O/c15-11-4-2-1-3-10(11)14-17-13(19-21-14)9-5-6-12-18-16-8-20(12)7-9/h1-8H. The fourth-order valence-corrected chi connectivity index (χ4v) is 2.50. The molecule has 4 rings (SSSR count). The number of nitrogens with zero attached hydrogens (tertiary/aromatic N) is 5. The van der Waals surface area contributed by atoms with Crippen molar-refractivity contribution < 1.29 is 4.52 Å². The van der Waals surface area contributed by atoms with Crippen molar-refractivity contribution >= 4 is 21.6 Å². The first-order chi connectivity index (χ1) is 10.3. The number of pyridine rings is 1. The fraction of sp³-hybridized carbons (Fsp3) is 0. The maximum absolute atomic E-state index is 5.35. The Morgan fingerprint density at radius 3 is 2.90 bits per heavy atom. The molecule has 0 fully saturated rings. The summed E-state index contributed by atoms with van der Waals surface area (Å²) in [6, 6.07) is 11.5. The quantitative estimate of drug-likeness (QED) is 0.559. The van der Waals surface area contributed by atoms with E-state index in [0.717, 1.165) is 21.2 Å². The third kappa shape index (κ3) is 2.11. The summed E-state index contributed by atoms with van der Waals surface area (Å²) in [5.74, 6) is 0.998. The van der Waals surface area contributed by atoms with Crippen LogP contribution in [0, 0.1) is 0 Å². The lowest BCUT2D eigenvalue weighted by Crippen LogP contribution is -1.87. The van der Waals surface area contributed by atoms with Crippen molar-refractivity contribution in [3.63, 3.8) is 0 Å². The van der Waals surface area contributed by atoms with Gasteiger partial charge in [-0.15, -0.1) is 10.2 Å². The van der Waals surface area contributed by atoms with Crippen LogP contribution in [0.2, 0.25) is 0 Å². The molecule has 0 saturated carbocycles. The first-order valence-corrected chi connectivity index (χ1v) is 6.99. The normalized spacial score (nSPS) is 11.1. The van der Waals surface area contributed by atoms with Crippen molar-refractivity contribution in [1.82, 2.24) is 24.7 Å². The maximum atomic E-state index is 5.35. The lowest BCUT2D eigenvalue weighted by molar-refractivity contribution is 0.432. The molecule has 3 heterocycles. The number of halogens is 1. The number of rotatable bonds is 2. The second kappa shape index (κ2) is 4.78. The molecule has 0 amide bonds. The predicted molar refractivity (Wildman–Crippen MR) is 79.4 cm³/mol. The van der Waals surface area contributed by atoms with Gasteiger partial charge in [0, 0.05) is 16.2 Å². The van der Waals surface area contributed by atoms with Crippen LogP contribution >= 0.6 is 15.9 Å². The summed E-state index contributed by atoms with van der Waals surface area (Å²) in [7, 11) is 0. The Labute approximate surface area is 127 Å². The summed E-state index contributed by atoms with van der Waals surface area (Å²) < 4.78 is 8.07. The van der Waals surface area contributed by atoms with Crippen molar-refractivity contribution in [2.45, 2.75) is 0 Å². The fourth-order valence-electron chi connectivity index (χ4n) is 2.04. The van der Waals surface area contributed by atoms with Gasteiger partial charge in [0.15, 0.2) is 5.65 Å². The second-order valence-electron chi connectivity index (χ2n) is 4.42. The predicted octanol–water partition coefficient (Wildman–Crippen LogP) is 3.21. The molecule has 0 spiro atoms. The van der Waals surface area contributed by atoms with Crippen molar-refractivity contribution in [3.8, 4) is 22.8 Å². The van der Waals surface area contributed by atoms with E-state index in [1.54, 1.807) is 6.33 Å². The van der Waals surface area contributed by atoms with E-state index in [0.29, 0.717) is 11.7 Å². The van der Waals surface area contributed by atoms with Gasteiger partial charge < -0.3 is 4.52 Å². The molecule has 0 aliphatic heterocycles. The van der Waals surface area contributed by atoms with Gasteiger partial charge in [-0.25, -0.2) is 0 Å². The van der Waals surface area contributed by atoms with E-state index in [-0.39, 0.29) is 0 Å². The van der Waals surface area contributed by atoms with Crippen LogP contribution in [0.5, 0.6) is 0 Å². The molecule has 0 N–H and O–H groups in total. The Balaban J connectivity index is 1.78. The van der Waals surface area contributed by atoms with Gasteiger partial charge in [-0.1, -0.05) is 17.3 Å². The highest BCUT2D eigenvalue weighted by atomic mass is 79.9. The molecular formula is C14H8BrN5O. The summed E-state index contributed by atoms with van der Waals surface area (Å²) in [5.41, 5.74) is 2.47. The summed E-state index contributed by atoms with van der Waals surface area (Å²) in [6.45, 7) is 0. The maximum Gasteiger partial charge on any atom is 0.259 e. The molecule has 0 radical (unpaired) electrons. The highest BCUT2D eigenvalue weighted by molar-refractivity contribution is 9.10. The van der Waals surface area contributed by atoms with Gasteiger partial charge >= 0.3 is 0 Å². The summed E-state index contributed by atoms with van der Waals surface area (Å²) in [4.78, 5) is 4.44. The van der Waals surface area contributed by atoms with Gasteiger partial charge in [0.05, 0.1) is 5.56 Å². The molecule has 0 saturated heterocycles. The smallest absolute Gasteiger partial charge is 0.259 e. The van der Waals surface area contributed by atoms with E-state index in [1.807, 2.05) is 47.0 Å². The van der Waals surface area contributed by atoms with Crippen LogP contribution in [-0.2, 0) is 0 Å². The number of hydrogen-bond donors (Lipinski definition) is 0. The summed E-state index contributed by atoms with van der Waals surface area (Å²) >= 11 is 3.48. The van der Waals surface area contributed by atoms with Gasteiger partial charge in [-0.3, -0.25) is 4.40 Å². The molecule has 0 aliphatic rings. The molecule has 3 aromatic heterocycles. The van der Waals surface area contributed by atoms with Crippen molar-refractivity contribution in [3.05, 3.63) is 53.4 Å². The molecule has 102 valence electrons. The van der Waals surface area contributed by atoms with E-state index >= 15 is 0 Å². The van der Waals surface area contributed by atoms with Gasteiger partial charge in [0.25, 0.3) is 5.89 Å². The van der Waals surface area contributed by atoms with Crippen LogP contribution in [-0.4, -0.2) is 24.7 Å². The molecule has 7 heteroatoms. The largest absolute Gasteiger partial charge is 0.334 e. The highest BCUT2D eigenvalue weighted by Gasteiger charge is 2.13. The molecule has 0 atom stereocenters. The molecule has 6 nitrogen and oxygen atoms in total. The van der Waals surface area contributed by atoms with Gasteiger partial charge in [0.1, 0.15) is 6.33 Å². The average Bonchev–Trinajstić information content (AvgIpc) is 3.16. The van der Waals surface area contributed by atoms with E-state index in [2.05, 4.69) is 36.3 Å². The third-order valence-corrected chi connectivity index (χ3v) is 3.77. The summed E-state index contributed by atoms with van der Waals surface area (Å²) in [6.07, 6.45) is 3.50. The number of benzene rings is 1. The zero-order valence-corrected chi connectivity index (χ0v) is 12.2. The molecule has 4 aromatic rings. The highest BCUT2D eigenvalue weighted by Crippen LogP contribution is 2.28. The topological polar surface area (TPSA) is 69.1 Å². The number of fused-ring (bicyclic) bond motifs is 1. The van der Waals surface area contributed by atoms with Crippen LogP contribution in [0.15, 0.2) is 57.9 Å². The van der Waals surface area contributed by atoms with Crippen molar-refractivity contribution in [2.24, 2.45) is 0 Å². The van der Waals surface area contributed by atoms with Crippen LogP contribution in [0.4, 0.5) is 0 Å². The Kier molecular flexibility index (Phi) is 2.78. The van der Waals surface area contributed by atoms with Crippen LogP contribution in [0.3, 0.4) is 0 Å². The second-order valence-corrected chi connectivity index (χ2v) is 5.27. The molecule has 0 unspecified atom stereocenters. The van der Waals surface area contributed by atoms with E-state index < -0.39 is 0 Å². The molecule has 1 aromatic carbocycles. The Morgan fingerprint density at radius 2 is 2.00 bits per heavy atom. The van der Waals surface area contributed by atoms with Crippen molar-refractivity contribution in [2.75, 3.05) is 0 Å². The Morgan fingerprint density at radius 1 is 1.10 bits per heavy atom. The number of aromatic nitrogens is 5. The van der Waals surface area contributed by atoms with Crippen LogP contribution in [0.1, 0.15) is 0 Å². The minimum Gasteiger partial charge on any atom is -0.334 e. The monoisotopic (exact) mass is 341 g/mol. The lowest BCUT2D eigenvalue weighted by atomic mass is 10.2. The molecular weight excluding hydrogens is 334 g/mol. The van der Waals surface area contributed by atoms with Gasteiger partial charge in [0.2, 0.25) is 5.82 Å². The SMILES string of the molecule is Brc1ccccc1-c1nc(-c2ccc3nncn3c2)no1. The zero-order valence-electron chi connectivity index (χ0n) is 10.6.